The number of anilines is 1. The molecule has 1 aliphatic rings. The molecule has 270 valence electrons. The average molecular weight is 702 g/mol. The molecule has 0 spiro atoms. The SMILES string of the molecule is C#Cc1ccnc(CN(C)C(=O)c2ccc(-c3c(C#N)ccc(NC(=C/C(=NC)NC(=O)C4CC4)/C(=C/CC)C(=O)NC)c3OC)cc2)c1.CCC. The van der Waals surface area contributed by atoms with Gasteiger partial charge in [-0.25, -0.2) is 0 Å². The molecule has 1 aliphatic carbocycles. The minimum Gasteiger partial charge on any atom is -0.494 e. The van der Waals surface area contributed by atoms with Crippen molar-refractivity contribution >= 4 is 29.2 Å². The zero-order valence-corrected chi connectivity index (χ0v) is 31.0. The third-order valence-corrected chi connectivity index (χ3v) is 7.79. The van der Waals surface area contributed by atoms with Crippen LogP contribution >= 0.6 is 0 Å². The molecule has 11 nitrogen and oxygen atoms in total. The van der Waals surface area contributed by atoms with Crippen LogP contribution in [0.15, 0.2) is 83.1 Å². The molecule has 3 aromatic rings. The average Bonchev–Trinajstić information content (AvgIpc) is 4.02. The van der Waals surface area contributed by atoms with E-state index in [4.69, 9.17) is 11.2 Å². The van der Waals surface area contributed by atoms with E-state index in [0.29, 0.717) is 62.6 Å². The highest BCUT2D eigenvalue weighted by Crippen LogP contribution is 2.40. The van der Waals surface area contributed by atoms with E-state index in [1.54, 1.807) is 85.9 Å². The highest BCUT2D eigenvalue weighted by molar-refractivity contribution is 6.08. The lowest BCUT2D eigenvalue weighted by molar-refractivity contribution is -0.121. The second-order valence-electron chi connectivity index (χ2n) is 12.0. The molecule has 1 fully saturated rings. The Bertz CT molecular complexity index is 1930. The summed E-state index contributed by atoms with van der Waals surface area (Å²) in [5.41, 5.74) is 4.40. The predicted octanol–water partition coefficient (Wildman–Crippen LogP) is 6.23. The van der Waals surface area contributed by atoms with Gasteiger partial charge in [0.05, 0.1) is 47.9 Å². The number of allylic oxidation sites excluding steroid dienone is 1. The van der Waals surface area contributed by atoms with Gasteiger partial charge < -0.3 is 25.6 Å². The van der Waals surface area contributed by atoms with Gasteiger partial charge in [0.1, 0.15) is 5.84 Å². The molecule has 11 heteroatoms. The van der Waals surface area contributed by atoms with Gasteiger partial charge in [-0.05, 0) is 61.2 Å². The Labute approximate surface area is 306 Å². The molecular weight excluding hydrogens is 654 g/mol. The second kappa shape index (κ2) is 19.9. The molecule has 0 bridgehead atoms. The minimum absolute atomic E-state index is 0.0441. The number of hydrogen-bond donors (Lipinski definition) is 3. The molecule has 4 rings (SSSR count). The maximum absolute atomic E-state index is 13.3. The lowest BCUT2D eigenvalue weighted by Gasteiger charge is -2.20. The molecular formula is C41H47N7O4. The molecule has 52 heavy (non-hydrogen) atoms. The van der Waals surface area contributed by atoms with E-state index in [2.05, 4.69) is 51.8 Å². The number of nitrogens with zero attached hydrogens (tertiary/aromatic N) is 4. The van der Waals surface area contributed by atoms with Gasteiger partial charge in [0.2, 0.25) is 5.91 Å². The van der Waals surface area contributed by atoms with Gasteiger partial charge in [0.25, 0.3) is 11.8 Å². The van der Waals surface area contributed by atoms with Crippen LogP contribution in [0.2, 0.25) is 0 Å². The van der Waals surface area contributed by atoms with E-state index in [1.807, 2.05) is 6.92 Å². The van der Waals surface area contributed by atoms with Crippen LogP contribution in [0.4, 0.5) is 5.69 Å². The Hall–Kier alpha value is -6.20. The van der Waals surface area contributed by atoms with E-state index in [-0.39, 0.29) is 36.0 Å². The number of pyridine rings is 1. The molecule has 0 atom stereocenters. The fourth-order valence-electron chi connectivity index (χ4n) is 5.10. The third-order valence-electron chi connectivity index (χ3n) is 7.79. The number of likely N-dealkylation sites (N-methyl/N-ethyl adjacent to an activating group) is 1. The zero-order chi connectivity index (χ0) is 38.2. The highest BCUT2D eigenvalue weighted by atomic mass is 16.5. The number of nitrogens with one attached hydrogen (secondary N) is 3. The number of nitriles is 1. The van der Waals surface area contributed by atoms with Crippen molar-refractivity contribution in [2.75, 3.05) is 33.6 Å². The fourth-order valence-corrected chi connectivity index (χ4v) is 5.10. The number of hydrogen-bond acceptors (Lipinski definition) is 8. The van der Waals surface area contributed by atoms with Crippen molar-refractivity contribution in [1.82, 2.24) is 20.5 Å². The molecule has 1 heterocycles. The topological polar surface area (TPSA) is 149 Å². The molecule has 0 saturated heterocycles. The first-order valence-corrected chi connectivity index (χ1v) is 17.2. The normalized spacial score (nSPS) is 12.7. The summed E-state index contributed by atoms with van der Waals surface area (Å²) >= 11 is 0. The predicted molar refractivity (Wildman–Crippen MR) is 205 cm³/mol. The lowest BCUT2D eigenvalue weighted by Crippen LogP contribution is -2.32. The van der Waals surface area contributed by atoms with Crippen molar-refractivity contribution < 1.29 is 19.1 Å². The van der Waals surface area contributed by atoms with Crippen LogP contribution < -0.4 is 20.7 Å². The van der Waals surface area contributed by atoms with Crippen LogP contribution in [0, 0.1) is 29.6 Å². The Morgan fingerprint density at radius 3 is 2.37 bits per heavy atom. The summed E-state index contributed by atoms with van der Waals surface area (Å²) in [6.07, 6.45) is 13.9. The van der Waals surface area contributed by atoms with E-state index < -0.39 is 0 Å². The summed E-state index contributed by atoms with van der Waals surface area (Å²) < 4.78 is 5.88. The molecule has 1 saturated carbocycles. The van der Waals surface area contributed by atoms with Gasteiger partial charge in [-0.2, -0.15) is 5.26 Å². The van der Waals surface area contributed by atoms with Crippen molar-refractivity contribution in [1.29, 1.82) is 5.26 Å². The van der Waals surface area contributed by atoms with E-state index in [1.165, 1.54) is 20.6 Å². The maximum atomic E-state index is 13.3. The van der Waals surface area contributed by atoms with Crippen LogP contribution in [0.1, 0.15) is 73.6 Å². The lowest BCUT2D eigenvalue weighted by atomic mass is 9.96. The second-order valence-corrected chi connectivity index (χ2v) is 12.0. The number of carbonyl (C=O) groups is 3. The Kier molecular flexibility index (Phi) is 15.4. The monoisotopic (exact) mass is 701 g/mol. The fraction of sp³-hybridized carbons (Fsp3) is 0.317. The summed E-state index contributed by atoms with van der Waals surface area (Å²) in [6, 6.07) is 15.9. The molecule has 1 aromatic heterocycles. The quantitative estimate of drug-likeness (QED) is 0.0667. The van der Waals surface area contributed by atoms with Crippen molar-refractivity contribution in [2.24, 2.45) is 10.9 Å². The number of methoxy groups -OCH3 is 1. The highest BCUT2D eigenvalue weighted by Gasteiger charge is 2.30. The number of carbonyl (C=O) groups excluding carboxylic acids is 3. The summed E-state index contributed by atoms with van der Waals surface area (Å²) in [6.45, 7) is 6.43. The van der Waals surface area contributed by atoms with Gasteiger partial charge >= 0.3 is 0 Å². The molecule has 2 aromatic carbocycles. The Balaban J connectivity index is 0.00000235. The summed E-state index contributed by atoms with van der Waals surface area (Å²) in [7, 11) is 6.26. The first kappa shape index (κ1) is 40.2. The smallest absolute Gasteiger partial charge is 0.253 e. The standard InChI is InChI=1S/C38H39N7O4.C3H8/c1-7-9-30(37(47)41-4)32(21-33(40-3)44-36(46)26-12-13-26)43-31-17-16-28(22-39)34(35(31)49-6)25-10-14-27(15-11-25)38(48)45(5)23-29-20-24(8-2)18-19-42-29;1-3-2/h2,9-11,14-21,26,43H,7,12-13,23H2,1,3-6H3,(H,41,47)(H,40,44,46);3H2,1-2H3/b30-9-,32-21+;. The number of aliphatic imine (C=N–C) groups is 1. The first-order chi connectivity index (χ1) is 25.1. The van der Waals surface area contributed by atoms with Crippen LogP contribution in [0.3, 0.4) is 0 Å². The molecule has 3 amide bonds. The first-order valence-electron chi connectivity index (χ1n) is 17.2. The van der Waals surface area contributed by atoms with Gasteiger partial charge in [0, 0.05) is 56.0 Å². The Morgan fingerprint density at radius 1 is 1.12 bits per heavy atom. The van der Waals surface area contributed by atoms with Gasteiger partial charge in [-0.15, -0.1) is 6.42 Å². The maximum Gasteiger partial charge on any atom is 0.253 e. The minimum atomic E-state index is -0.345. The van der Waals surface area contributed by atoms with Crippen molar-refractivity contribution in [3.05, 3.63) is 101 Å². The van der Waals surface area contributed by atoms with Crippen molar-refractivity contribution in [2.45, 2.75) is 53.0 Å². The number of amides is 3. The number of benzene rings is 2. The van der Waals surface area contributed by atoms with Gasteiger partial charge in [0.15, 0.2) is 5.75 Å². The van der Waals surface area contributed by atoms with Gasteiger partial charge in [-0.1, -0.05) is 51.3 Å². The molecule has 0 aliphatic heterocycles. The third kappa shape index (κ3) is 10.6. The van der Waals surface area contributed by atoms with Crippen LogP contribution in [0.5, 0.6) is 5.75 Å². The molecule has 0 unspecified atom stereocenters. The van der Waals surface area contributed by atoms with Crippen molar-refractivity contribution in [3.8, 4) is 35.3 Å². The van der Waals surface area contributed by atoms with Crippen LogP contribution in [0.25, 0.3) is 11.1 Å². The van der Waals surface area contributed by atoms with Gasteiger partial charge in [-0.3, -0.25) is 24.4 Å². The summed E-state index contributed by atoms with van der Waals surface area (Å²) in [5, 5.41) is 18.9. The molecule has 3 N–H and O–H groups in total. The summed E-state index contributed by atoms with van der Waals surface area (Å²) in [5.74, 6) is 2.46. The van der Waals surface area contributed by atoms with Crippen LogP contribution in [-0.2, 0) is 16.1 Å². The van der Waals surface area contributed by atoms with E-state index >= 15 is 0 Å². The largest absolute Gasteiger partial charge is 0.494 e. The van der Waals surface area contributed by atoms with E-state index in [9.17, 15) is 19.6 Å². The molecule has 0 radical (unpaired) electrons. The summed E-state index contributed by atoms with van der Waals surface area (Å²) in [4.78, 5) is 49.0. The number of amidine groups is 1. The van der Waals surface area contributed by atoms with Crippen molar-refractivity contribution in [3.63, 3.8) is 0 Å². The zero-order valence-electron chi connectivity index (χ0n) is 31.0. The Morgan fingerprint density at radius 2 is 1.81 bits per heavy atom. The number of ether oxygens (including phenoxy) is 1. The van der Waals surface area contributed by atoms with E-state index in [0.717, 1.165) is 12.8 Å². The van der Waals surface area contributed by atoms with Crippen LogP contribution in [-0.4, -0.2) is 61.7 Å². The number of aromatic nitrogens is 1. The number of rotatable bonds is 12. The number of terminal acetylenes is 1.